The number of aromatic nitrogens is 1. The Bertz CT molecular complexity index is 500. The number of hydrogen-bond acceptors (Lipinski definition) is 2. The van der Waals surface area contributed by atoms with E-state index in [2.05, 4.69) is 4.98 Å². The van der Waals surface area contributed by atoms with Gasteiger partial charge in [-0.3, -0.25) is 0 Å². The molecule has 0 fully saturated rings. The summed E-state index contributed by atoms with van der Waals surface area (Å²) in [6.45, 7) is 0. The van der Waals surface area contributed by atoms with E-state index in [1.807, 2.05) is 6.07 Å². The highest BCUT2D eigenvalue weighted by Gasteiger charge is 1.98. The van der Waals surface area contributed by atoms with Gasteiger partial charge in [0.1, 0.15) is 0 Å². The maximum absolute atomic E-state index is 12.6. The van der Waals surface area contributed by atoms with Crippen LogP contribution in [0.1, 0.15) is 5.56 Å². The van der Waals surface area contributed by atoms with Gasteiger partial charge in [0.15, 0.2) is 0 Å². The summed E-state index contributed by atoms with van der Waals surface area (Å²) in [6.07, 6.45) is 0. The van der Waals surface area contributed by atoms with Crippen molar-refractivity contribution in [1.29, 1.82) is 5.26 Å². The largest absolute Gasteiger partial charge is 0.220 e. The summed E-state index contributed by atoms with van der Waals surface area (Å²) in [7, 11) is 0. The molecular weight excluding hydrogens is 167 g/mol. The summed E-state index contributed by atoms with van der Waals surface area (Å²) in [5, 5.41) is 9.39. The average molecular weight is 172 g/mol. The molecule has 62 valence electrons. The minimum absolute atomic E-state index is 0.503. The Labute approximate surface area is 74.3 Å². The van der Waals surface area contributed by atoms with E-state index < -0.39 is 5.95 Å². The Morgan fingerprint density at radius 2 is 2.08 bits per heavy atom. The Morgan fingerprint density at radius 1 is 1.23 bits per heavy atom. The molecule has 0 aliphatic carbocycles. The van der Waals surface area contributed by atoms with Crippen molar-refractivity contribution < 1.29 is 4.39 Å². The Morgan fingerprint density at radius 3 is 2.85 bits per heavy atom. The lowest BCUT2D eigenvalue weighted by molar-refractivity contribution is 0.589. The molecule has 1 heterocycles. The van der Waals surface area contributed by atoms with Crippen molar-refractivity contribution in [2.75, 3.05) is 0 Å². The van der Waals surface area contributed by atoms with E-state index in [1.165, 1.54) is 6.07 Å². The third-order valence-corrected chi connectivity index (χ3v) is 1.78. The van der Waals surface area contributed by atoms with Crippen molar-refractivity contribution in [1.82, 2.24) is 4.98 Å². The van der Waals surface area contributed by atoms with E-state index in [1.54, 1.807) is 24.3 Å². The SMILES string of the molecule is N#Cc1ccc2nc(F)ccc2c1. The molecular formula is C10H5FN2. The van der Waals surface area contributed by atoms with E-state index in [-0.39, 0.29) is 0 Å². The second-order valence-corrected chi connectivity index (χ2v) is 2.65. The first-order valence-electron chi connectivity index (χ1n) is 3.76. The molecule has 0 unspecified atom stereocenters. The van der Waals surface area contributed by atoms with Crippen LogP contribution in [0.5, 0.6) is 0 Å². The zero-order valence-corrected chi connectivity index (χ0v) is 6.66. The van der Waals surface area contributed by atoms with Crippen molar-refractivity contribution in [2.45, 2.75) is 0 Å². The molecule has 13 heavy (non-hydrogen) atoms. The molecule has 0 N–H and O–H groups in total. The van der Waals surface area contributed by atoms with E-state index in [0.717, 1.165) is 5.39 Å². The van der Waals surface area contributed by atoms with Crippen LogP contribution in [0.4, 0.5) is 4.39 Å². The number of nitriles is 1. The molecule has 0 aliphatic heterocycles. The van der Waals surface area contributed by atoms with Gasteiger partial charge in [0.2, 0.25) is 5.95 Å². The lowest BCUT2D eigenvalue weighted by Crippen LogP contribution is -1.84. The number of pyridine rings is 1. The van der Waals surface area contributed by atoms with E-state index in [0.29, 0.717) is 11.1 Å². The third-order valence-electron chi connectivity index (χ3n) is 1.78. The summed E-state index contributed by atoms with van der Waals surface area (Å²) >= 11 is 0. The maximum atomic E-state index is 12.6. The molecule has 0 spiro atoms. The van der Waals surface area contributed by atoms with Gasteiger partial charge in [-0.25, -0.2) is 4.98 Å². The second-order valence-electron chi connectivity index (χ2n) is 2.65. The Balaban J connectivity index is 2.75. The fraction of sp³-hybridized carbons (Fsp3) is 0. The number of halogens is 1. The molecule has 0 radical (unpaired) electrons. The normalized spacial score (nSPS) is 9.85. The molecule has 2 rings (SSSR count). The number of benzene rings is 1. The van der Waals surface area contributed by atoms with Gasteiger partial charge < -0.3 is 0 Å². The molecule has 0 aliphatic rings. The van der Waals surface area contributed by atoms with Crippen LogP contribution in [0, 0.1) is 17.3 Å². The van der Waals surface area contributed by atoms with Crippen molar-refractivity contribution in [3.8, 4) is 6.07 Å². The van der Waals surface area contributed by atoms with Crippen LogP contribution in [0.2, 0.25) is 0 Å². The van der Waals surface area contributed by atoms with Gasteiger partial charge in [-0.15, -0.1) is 0 Å². The molecule has 1 aromatic heterocycles. The molecule has 2 nitrogen and oxygen atoms in total. The lowest BCUT2D eigenvalue weighted by atomic mass is 10.1. The quantitative estimate of drug-likeness (QED) is 0.571. The van der Waals surface area contributed by atoms with Crippen LogP contribution >= 0.6 is 0 Å². The number of fused-ring (bicyclic) bond motifs is 1. The molecule has 0 bridgehead atoms. The number of rotatable bonds is 0. The molecule has 3 heteroatoms. The highest BCUT2D eigenvalue weighted by Crippen LogP contribution is 2.13. The zero-order chi connectivity index (χ0) is 9.26. The molecule has 0 saturated heterocycles. The average Bonchev–Trinajstić information content (AvgIpc) is 2.17. The van der Waals surface area contributed by atoms with Crippen LogP contribution in [0.15, 0.2) is 30.3 Å². The minimum atomic E-state index is -0.503. The van der Waals surface area contributed by atoms with Crippen molar-refractivity contribution >= 4 is 10.9 Å². The predicted octanol–water partition coefficient (Wildman–Crippen LogP) is 2.25. The summed E-state index contributed by atoms with van der Waals surface area (Å²) in [5.74, 6) is -0.503. The predicted molar refractivity (Wildman–Crippen MR) is 46.4 cm³/mol. The van der Waals surface area contributed by atoms with Gasteiger partial charge in [-0.05, 0) is 30.3 Å². The maximum Gasteiger partial charge on any atom is 0.213 e. The summed E-state index contributed by atoms with van der Waals surface area (Å²) in [4.78, 5) is 3.67. The Kier molecular flexibility index (Phi) is 1.67. The van der Waals surface area contributed by atoms with Gasteiger partial charge in [-0.2, -0.15) is 9.65 Å². The van der Waals surface area contributed by atoms with Crippen molar-refractivity contribution in [3.05, 3.63) is 41.8 Å². The third kappa shape index (κ3) is 1.34. The van der Waals surface area contributed by atoms with Gasteiger partial charge in [0.05, 0.1) is 17.1 Å². The van der Waals surface area contributed by atoms with Crippen LogP contribution in [-0.4, -0.2) is 4.98 Å². The summed E-state index contributed by atoms with van der Waals surface area (Å²) in [6, 6.07) is 9.84. The first-order chi connectivity index (χ1) is 6.29. The van der Waals surface area contributed by atoms with E-state index in [9.17, 15) is 4.39 Å². The molecule has 1 aromatic carbocycles. The topological polar surface area (TPSA) is 36.7 Å². The first-order valence-corrected chi connectivity index (χ1v) is 3.76. The van der Waals surface area contributed by atoms with Gasteiger partial charge in [-0.1, -0.05) is 0 Å². The van der Waals surface area contributed by atoms with Gasteiger partial charge in [0, 0.05) is 5.39 Å². The zero-order valence-electron chi connectivity index (χ0n) is 6.66. The number of hydrogen-bond donors (Lipinski definition) is 0. The first kappa shape index (κ1) is 7.69. The van der Waals surface area contributed by atoms with Crippen molar-refractivity contribution in [3.63, 3.8) is 0 Å². The van der Waals surface area contributed by atoms with Gasteiger partial charge >= 0.3 is 0 Å². The summed E-state index contributed by atoms with van der Waals surface area (Å²) < 4.78 is 12.6. The monoisotopic (exact) mass is 172 g/mol. The van der Waals surface area contributed by atoms with Crippen LogP contribution in [-0.2, 0) is 0 Å². The van der Waals surface area contributed by atoms with E-state index in [4.69, 9.17) is 5.26 Å². The second kappa shape index (κ2) is 2.83. The molecule has 0 amide bonds. The van der Waals surface area contributed by atoms with Crippen molar-refractivity contribution in [2.24, 2.45) is 0 Å². The van der Waals surface area contributed by atoms with Crippen LogP contribution < -0.4 is 0 Å². The Hall–Kier alpha value is -1.95. The highest BCUT2D eigenvalue weighted by atomic mass is 19.1. The van der Waals surface area contributed by atoms with E-state index >= 15 is 0 Å². The van der Waals surface area contributed by atoms with Crippen LogP contribution in [0.3, 0.4) is 0 Å². The van der Waals surface area contributed by atoms with Gasteiger partial charge in [0.25, 0.3) is 0 Å². The minimum Gasteiger partial charge on any atom is -0.220 e. The smallest absolute Gasteiger partial charge is 0.213 e. The summed E-state index contributed by atoms with van der Waals surface area (Å²) in [5.41, 5.74) is 1.12. The standard InChI is InChI=1S/C10H5FN2/c11-10-4-2-8-5-7(6-12)1-3-9(8)13-10/h1-5H. The fourth-order valence-corrected chi connectivity index (χ4v) is 1.17. The molecule has 0 atom stereocenters. The fourth-order valence-electron chi connectivity index (χ4n) is 1.17. The molecule has 2 aromatic rings. The lowest BCUT2D eigenvalue weighted by Gasteiger charge is -1.96. The molecule has 0 saturated carbocycles. The van der Waals surface area contributed by atoms with Crippen LogP contribution in [0.25, 0.3) is 10.9 Å². The number of nitrogens with zero attached hydrogens (tertiary/aromatic N) is 2. The highest BCUT2D eigenvalue weighted by molar-refractivity contribution is 5.79.